The Hall–Kier alpha value is -3.04. The zero-order valence-electron chi connectivity index (χ0n) is 14.3. The molecule has 1 fully saturated rings. The molecule has 2 aliphatic rings. The second-order valence-corrected chi connectivity index (χ2v) is 6.27. The van der Waals surface area contributed by atoms with Crippen LogP contribution in [0.25, 0.3) is 0 Å². The first-order chi connectivity index (χ1) is 13.4. The molecule has 5 nitrogen and oxygen atoms in total. The molecule has 2 aromatic carbocycles. The fraction of sp³-hybridized carbons (Fsp3) is 0.278. The zero-order valence-corrected chi connectivity index (χ0v) is 14.3. The van der Waals surface area contributed by atoms with E-state index in [-0.39, 0.29) is 38.9 Å². The number of carbonyl (C=O) groups excluding carboxylic acids is 1. The van der Waals surface area contributed by atoms with Gasteiger partial charge in [0.05, 0.1) is 0 Å². The summed E-state index contributed by atoms with van der Waals surface area (Å²) in [6, 6.07) is 4.69. The number of ether oxygens (including phenoxy) is 2. The molecule has 148 valence electrons. The Kier molecular flexibility index (Phi) is 4.48. The summed E-state index contributed by atoms with van der Waals surface area (Å²) >= 11 is 0. The van der Waals surface area contributed by atoms with Gasteiger partial charge in [0.15, 0.2) is 34.8 Å². The van der Waals surface area contributed by atoms with Crippen molar-refractivity contribution in [3.05, 3.63) is 52.8 Å². The summed E-state index contributed by atoms with van der Waals surface area (Å²) in [5.74, 6) is -9.33. The number of hydrogen-bond acceptors (Lipinski definition) is 4. The van der Waals surface area contributed by atoms with Gasteiger partial charge in [0, 0.05) is 31.7 Å². The number of carbonyl (C=O) groups is 1. The Morgan fingerprint density at radius 3 is 2.00 bits per heavy atom. The van der Waals surface area contributed by atoms with Crippen molar-refractivity contribution in [2.45, 2.75) is 0 Å². The highest BCUT2D eigenvalue weighted by atomic mass is 19.2. The molecule has 1 saturated heterocycles. The maximum Gasteiger partial charge on any atom is 0.254 e. The third-order valence-corrected chi connectivity index (χ3v) is 4.69. The normalized spacial score (nSPS) is 15.9. The van der Waals surface area contributed by atoms with E-state index < -0.39 is 34.8 Å². The maximum absolute atomic E-state index is 14.0. The van der Waals surface area contributed by atoms with Crippen LogP contribution in [-0.2, 0) is 0 Å². The van der Waals surface area contributed by atoms with Gasteiger partial charge in [-0.05, 0) is 18.2 Å². The van der Waals surface area contributed by atoms with Gasteiger partial charge in [-0.25, -0.2) is 22.0 Å². The summed E-state index contributed by atoms with van der Waals surface area (Å²) in [5.41, 5.74) is -0.638. The van der Waals surface area contributed by atoms with Crippen molar-refractivity contribution in [2.24, 2.45) is 0 Å². The summed E-state index contributed by atoms with van der Waals surface area (Å²) < 4.78 is 78.4. The second-order valence-electron chi connectivity index (χ2n) is 6.27. The highest BCUT2D eigenvalue weighted by Crippen LogP contribution is 2.33. The minimum absolute atomic E-state index is 0.0484. The molecule has 0 atom stereocenters. The zero-order chi connectivity index (χ0) is 20.0. The van der Waals surface area contributed by atoms with Crippen LogP contribution in [0.1, 0.15) is 10.4 Å². The van der Waals surface area contributed by atoms with Crippen molar-refractivity contribution >= 4 is 11.6 Å². The van der Waals surface area contributed by atoms with E-state index in [0.717, 1.165) is 4.90 Å². The molecule has 0 radical (unpaired) electrons. The summed E-state index contributed by atoms with van der Waals surface area (Å²) in [6.07, 6.45) is 0. The smallest absolute Gasteiger partial charge is 0.254 e. The molecular formula is C18H13F5N2O3. The Balaban J connectivity index is 1.50. The monoisotopic (exact) mass is 400 g/mol. The molecule has 0 saturated carbocycles. The van der Waals surface area contributed by atoms with E-state index in [1.807, 2.05) is 0 Å². The third kappa shape index (κ3) is 2.88. The molecule has 0 spiro atoms. The molecular weight excluding hydrogens is 387 g/mol. The molecule has 0 bridgehead atoms. The van der Waals surface area contributed by atoms with Crippen molar-refractivity contribution in [3.63, 3.8) is 0 Å². The lowest BCUT2D eigenvalue weighted by Gasteiger charge is -2.36. The van der Waals surface area contributed by atoms with Crippen LogP contribution in [0.4, 0.5) is 27.6 Å². The van der Waals surface area contributed by atoms with E-state index in [0.29, 0.717) is 17.1 Å². The average molecular weight is 400 g/mol. The largest absolute Gasteiger partial charge is 0.454 e. The number of amides is 1. The molecule has 2 heterocycles. The average Bonchev–Trinajstić information content (AvgIpc) is 3.19. The number of fused-ring (bicyclic) bond motifs is 1. The van der Waals surface area contributed by atoms with Crippen LogP contribution in [0.15, 0.2) is 18.2 Å². The van der Waals surface area contributed by atoms with Crippen molar-refractivity contribution in [3.8, 4) is 11.5 Å². The minimum atomic E-state index is -2.20. The summed E-state index contributed by atoms with van der Waals surface area (Å²) in [4.78, 5) is 15.1. The molecule has 1 amide bonds. The molecule has 0 aliphatic carbocycles. The number of hydrogen-bond donors (Lipinski definition) is 0. The van der Waals surface area contributed by atoms with Gasteiger partial charge in [0.1, 0.15) is 5.69 Å². The van der Waals surface area contributed by atoms with Crippen LogP contribution in [0.2, 0.25) is 0 Å². The first-order valence-electron chi connectivity index (χ1n) is 8.33. The van der Waals surface area contributed by atoms with Crippen LogP contribution in [0.3, 0.4) is 0 Å². The fourth-order valence-corrected chi connectivity index (χ4v) is 3.22. The van der Waals surface area contributed by atoms with Crippen molar-refractivity contribution < 1.29 is 36.2 Å². The molecule has 10 heteroatoms. The third-order valence-electron chi connectivity index (χ3n) is 4.69. The Morgan fingerprint density at radius 2 is 1.36 bits per heavy atom. The van der Waals surface area contributed by atoms with Crippen molar-refractivity contribution in [1.82, 2.24) is 4.90 Å². The topological polar surface area (TPSA) is 42.0 Å². The van der Waals surface area contributed by atoms with Crippen LogP contribution < -0.4 is 14.4 Å². The second kappa shape index (κ2) is 6.84. The van der Waals surface area contributed by atoms with Gasteiger partial charge in [0.2, 0.25) is 12.6 Å². The Labute approximate surface area is 155 Å². The highest BCUT2D eigenvalue weighted by Gasteiger charge is 2.32. The van der Waals surface area contributed by atoms with Crippen molar-refractivity contribution in [1.29, 1.82) is 0 Å². The number of benzene rings is 2. The fourth-order valence-electron chi connectivity index (χ4n) is 3.22. The molecule has 2 aliphatic heterocycles. The highest BCUT2D eigenvalue weighted by molar-refractivity contribution is 5.95. The number of piperazine rings is 1. The number of anilines is 1. The Bertz CT molecular complexity index is 932. The standard InChI is InChI=1S/C18H13F5N2O3/c19-12-13(20)15(22)17(16(23)14(12)21)24-3-5-25(6-4-24)18(26)9-1-2-10-11(7-9)28-8-27-10/h1-2,7H,3-6,8H2. The Morgan fingerprint density at radius 1 is 0.786 bits per heavy atom. The van der Waals surface area contributed by atoms with Crippen molar-refractivity contribution in [2.75, 3.05) is 37.9 Å². The van der Waals surface area contributed by atoms with Gasteiger partial charge in [-0.1, -0.05) is 0 Å². The van der Waals surface area contributed by atoms with E-state index >= 15 is 0 Å². The molecule has 0 aromatic heterocycles. The van der Waals surface area contributed by atoms with Gasteiger partial charge >= 0.3 is 0 Å². The number of rotatable bonds is 2. The molecule has 0 unspecified atom stereocenters. The summed E-state index contributed by atoms with van der Waals surface area (Å²) in [5, 5.41) is 0. The SMILES string of the molecule is O=C(c1ccc2c(c1)OCO2)N1CCN(c2c(F)c(F)c(F)c(F)c2F)CC1. The van der Waals surface area contributed by atoms with E-state index in [2.05, 4.69) is 0 Å². The summed E-state index contributed by atoms with van der Waals surface area (Å²) in [7, 11) is 0. The van der Waals surface area contributed by atoms with E-state index in [4.69, 9.17) is 9.47 Å². The number of halogens is 5. The lowest BCUT2D eigenvalue weighted by atomic mass is 10.1. The van der Waals surface area contributed by atoms with Crippen LogP contribution in [-0.4, -0.2) is 43.8 Å². The van der Waals surface area contributed by atoms with Crippen LogP contribution in [0.5, 0.6) is 11.5 Å². The van der Waals surface area contributed by atoms with Crippen LogP contribution >= 0.6 is 0 Å². The molecule has 4 rings (SSSR count). The van der Waals surface area contributed by atoms with Gasteiger partial charge in [-0.3, -0.25) is 4.79 Å². The van der Waals surface area contributed by atoms with Crippen LogP contribution in [0, 0.1) is 29.1 Å². The van der Waals surface area contributed by atoms with E-state index in [9.17, 15) is 26.7 Å². The molecule has 0 N–H and O–H groups in total. The van der Waals surface area contributed by atoms with E-state index in [1.54, 1.807) is 12.1 Å². The first kappa shape index (κ1) is 18.3. The van der Waals surface area contributed by atoms with Gasteiger partial charge < -0.3 is 19.3 Å². The molecule has 2 aromatic rings. The van der Waals surface area contributed by atoms with Gasteiger partial charge in [-0.15, -0.1) is 0 Å². The lowest BCUT2D eigenvalue weighted by molar-refractivity contribution is 0.0746. The lowest BCUT2D eigenvalue weighted by Crippen LogP contribution is -2.49. The predicted octanol–water partition coefficient (Wildman–Crippen LogP) is 3.07. The predicted molar refractivity (Wildman–Crippen MR) is 86.9 cm³/mol. The quantitative estimate of drug-likeness (QED) is 0.442. The van der Waals surface area contributed by atoms with Gasteiger partial charge in [-0.2, -0.15) is 0 Å². The number of nitrogens with zero attached hydrogens (tertiary/aromatic N) is 2. The van der Waals surface area contributed by atoms with Gasteiger partial charge in [0.25, 0.3) is 5.91 Å². The van der Waals surface area contributed by atoms with E-state index in [1.165, 1.54) is 11.0 Å². The minimum Gasteiger partial charge on any atom is -0.454 e. The maximum atomic E-state index is 14.0. The molecule has 28 heavy (non-hydrogen) atoms. The first-order valence-corrected chi connectivity index (χ1v) is 8.33. The summed E-state index contributed by atoms with van der Waals surface area (Å²) in [6.45, 7) is -0.0175.